The number of fused-ring (bicyclic) bond motifs is 1. The highest BCUT2D eigenvalue weighted by molar-refractivity contribution is 6.46. The summed E-state index contributed by atoms with van der Waals surface area (Å²) in [6.45, 7) is 8.06. The molecular formula is C24H28N2O6. The number of nitrogens with zero attached hydrogens (tertiary/aromatic N) is 2. The van der Waals surface area contributed by atoms with Gasteiger partial charge in [0.25, 0.3) is 11.7 Å². The van der Waals surface area contributed by atoms with E-state index < -0.39 is 17.7 Å². The third-order valence-electron chi connectivity index (χ3n) is 5.94. The first-order chi connectivity index (χ1) is 15.5. The van der Waals surface area contributed by atoms with Gasteiger partial charge in [-0.2, -0.15) is 0 Å². The summed E-state index contributed by atoms with van der Waals surface area (Å²) in [4.78, 5) is 29.7. The lowest BCUT2D eigenvalue weighted by atomic mass is 9.99. The van der Waals surface area contributed by atoms with Crippen molar-refractivity contribution in [1.29, 1.82) is 0 Å². The minimum Gasteiger partial charge on any atom is -0.507 e. The van der Waals surface area contributed by atoms with Crippen LogP contribution in [0.25, 0.3) is 5.76 Å². The predicted molar refractivity (Wildman–Crippen MR) is 118 cm³/mol. The fraction of sp³-hybridized carbons (Fsp3) is 0.417. The second-order valence-electron chi connectivity index (χ2n) is 7.75. The van der Waals surface area contributed by atoms with Crippen molar-refractivity contribution in [2.45, 2.75) is 26.3 Å². The molecule has 2 aromatic rings. The van der Waals surface area contributed by atoms with Crippen molar-refractivity contribution >= 4 is 17.4 Å². The van der Waals surface area contributed by atoms with Gasteiger partial charge in [0.1, 0.15) is 30.8 Å². The normalized spacial score (nSPS) is 19.7. The third-order valence-corrected chi connectivity index (χ3v) is 5.94. The van der Waals surface area contributed by atoms with Gasteiger partial charge < -0.3 is 28.8 Å². The number of Topliss-reactive ketones (excluding diaryl/α,β-unsaturated/α-hetero) is 1. The molecular weight excluding hydrogens is 412 g/mol. The topological polar surface area (TPSA) is 92.5 Å². The van der Waals surface area contributed by atoms with Gasteiger partial charge in [0, 0.05) is 12.1 Å². The first kappa shape index (κ1) is 22.0. The molecule has 0 aliphatic carbocycles. The molecule has 2 aliphatic rings. The lowest BCUT2D eigenvalue weighted by Gasteiger charge is -2.25. The van der Waals surface area contributed by atoms with Gasteiger partial charge in [-0.3, -0.25) is 9.59 Å². The number of likely N-dealkylation sites (tertiary alicyclic amines) is 1. The second-order valence-corrected chi connectivity index (χ2v) is 7.75. The molecule has 0 bridgehead atoms. The molecule has 0 saturated carbocycles. The predicted octanol–water partition coefficient (Wildman–Crippen LogP) is 3.20. The molecule has 0 unspecified atom stereocenters. The second kappa shape index (κ2) is 9.48. The average Bonchev–Trinajstić information content (AvgIpc) is 3.43. The van der Waals surface area contributed by atoms with Gasteiger partial charge in [-0.15, -0.1) is 0 Å². The fourth-order valence-corrected chi connectivity index (χ4v) is 4.20. The Morgan fingerprint density at radius 2 is 1.88 bits per heavy atom. The minimum atomic E-state index is -0.782. The van der Waals surface area contributed by atoms with Crippen molar-refractivity contribution in [2.24, 2.45) is 0 Å². The van der Waals surface area contributed by atoms with Gasteiger partial charge in [-0.05, 0) is 56.4 Å². The number of carbonyl (C=O) groups is 2. The SMILES string of the molecule is CCN(CC)CCCN1C(=O)C(=O)C(=C(O)c2ccc3c(c2)OCCO3)[C@@H]1c1ccco1. The van der Waals surface area contributed by atoms with E-state index in [-0.39, 0.29) is 11.3 Å². The van der Waals surface area contributed by atoms with E-state index in [1.165, 1.54) is 11.2 Å². The summed E-state index contributed by atoms with van der Waals surface area (Å²) in [5, 5.41) is 11.1. The summed E-state index contributed by atoms with van der Waals surface area (Å²) in [6, 6.07) is 7.59. The lowest BCUT2D eigenvalue weighted by Crippen LogP contribution is -2.33. The maximum atomic E-state index is 13.0. The van der Waals surface area contributed by atoms with Crippen LogP contribution in [-0.2, 0) is 9.59 Å². The molecule has 2 aliphatic heterocycles. The van der Waals surface area contributed by atoms with E-state index in [9.17, 15) is 14.7 Å². The zero-order chi connectivity index (χ0) is 22.7. The molecule has 1 aromatic carbocycles. The number of ether oxygens (including phenoxy) is 2. The largest absolute Gasteiger partial charge is 0.507 e. The molecule has 1 saturated heterocycles. The number of rotatable bonds is 8. The molecule has 0 spiro atoms. The van der Waals surface area contributed by atoms with Crippen LogP contribution in [0.4, 0.5) is 0 Å². The zero-order valence-corrected chi connectivity index (χ0v) is 18.4. The van der Waals surface area contributed by atoms with E-state index >= 15 is 0 Å². The summed E-state index contributed by atoms with van der Waals surface area (Å²) in [7, 11) is 0. The Morgan fingerprint density at radius 1 is 1.12 bits per heavy atom. The van der Waals surface area contributed by atoms with Crippen molar-refractivity contribution in [3.05, 3.63) is 53.5 Å². The van der Waals surface area contributed by atoms with Crippen LogP contribution >= 0.6 is 0 Å². The Labute approximate surface area is 187 Å². The van der Waals surface area contributed by atoms with E-state index in [0.717, 1.165) is 19.6 Å². The van der Waals surface area contributed by atoms with E-state index in [2.05, 4.69) is 18.7 Å². The number of hydrogen-bond acceptors (Lipinski definition) is 7. The smallest absolute Gasteiger partial charge is 0.295 e. The van der Waals surface area contributed by atoms with Gasteiger partial charge in [0.05, 0.1) is 11.8 Å². The number of furan rings is 1. The molecule has 0 radical (unpaired) electrons. The Balaban J connectivity index is 1.68. The van der Waals surface area contributed by atoms with E-state index in [4.69, 9.17) is 13.9 Å². The number of aliphatic hydroxyl groups is 1. The summed E-state index contributed by atoms with van der Waals surface area (Å²) >= 11 is 0. The summed E-state index contributed by atoms with van der Waals surface area (Å²) in [5.41, 5.74) is 0.399. The molecule has 8 nitrogen and oxygen atoms in total. The molecule has 170 valence electrons. The number of carbonyl (C=O) groups excluding carboxylic acids is 2. The molecule has 1 N–H and O–H groups in total. The van der Waals surface area contributed by atoms with Crippen LogP contribution in [-0.4, -0.2) is 66.0 Å². The zero-order valence-electron chi connectivity index (χ0n) is 18.4. The summed E-state index contributed by atoms with van der Waals surface area (Å²) in [6.07, 6.45) is 2.20. The van der Waals surface area contributed by atoms with E-state index in [0.29, 0.717) is 49.0 Å². The number of hydrogen-bond donors (Lipinski definition) is 1. The maximum Gasteiger partial charge on any atom is 0.295 e. The molecule has 1 atom stereocenters. The van der Waals surface area contributed by atoms with Crippen LogP contribution in [0.5, 0.6) is 11.5 Å². The quantitative estimate of drug-likeness (QED) is 0.383. The minimum absolute atomic E-state index is 0.0180. The fourth-order valence-electron chi connectivity index (χ4n) is 4.20. The van der Waals surface area contributed by atoms with E-state index in [1.54, 1.807) is 30.3 Å². The third kappa shape index (κ3) is 4.10. The molecule has 1 aromatic heterocycles. The van der Waals surface area contributed by atoms with E-state index in [1.807, 2.05) is 0 Å². The Kier molecular flexibility index (Phi) is 6.50. The Morgan fingerprint density at radius 3 is 2.56 bits per heavy atom. The number of benzene rings is 1. The Hall–Kier alpha value is -3.26. The highest BCUT2D eigenvalue weighted by Gasteiger charge is 2.47. The standard InChI is InChI=1S/C24H28N2O6/c1-3-25(4-2)10-6-11-26-21(18-7-5-12-30-18)20(23(28)24(26)29)22(27)16-8-9-17-19(15-16)32-14-13-31-17/h5,7-9,12,15,21,27H,3-4,6,10-11,13-14H2,1-2H3/t21-/m0/s1. The average molecular weight is 440 g/mol. The molecule has 1 fully saturated rings. The molecule has 4 rings (SSSR count). The van der Waals surface area contributed by atoms with Crippen molar-refractivity contribution in [3.63, 3.8) is 0 Å². The molecule has 32 heavy (non-hydrogen) atoms. The Bertz CT molecular complexity index is 1010. The summed E-state index contributed by atoms with van der Waals surface area (Å²) in [5.74, 6) is -0.110. The van der Waals surface area contributed by atoms with Crippen molar-refractivity contribution in [3.8, 4) is 11.5 Å². The van der Waals surface area contributed by atoms with Crippen LogP contribution in [0.1, 0.15) is 37.6 Å². The number of aliphatic hydroxyl groups excluding tert-OH is 1. The van der Waals surface area contributed by atoms with Gasteiger partial charge in [0.15, 0.2) is 11.5 Å². The van der Waals surface area contributed by atoms with Gasteiger partial charge in [-0.25, -0.2) is 0 Å². The van der Waals surface area contributed by atoms with Crippen LogP contribution in [0, 0.1) is 0 Å². The maximum absolute atomic E-state index is 13.0. The molecule has 3 heterocycles. The number of ketones is 1. The number of amides is 1. The lowest BCUT2D eigenvalue weighted by molar-refractivity contribution is -0.140. The highest BCUT2D eigenvalue weighted by atomic mass is 16.6. The van der Waals surface area contributed by atoms with Crippen molar-refractivity contribution in [1.82, 2.24) is 9.80 Å². The van der Waals surface area contributed by atoms with Crippen LogP contribution in [0.15, 0.2) is 46.6 Å². The summed E-state index contributed by atoms with van der Waals surface area (Å²) < 4.78 is 16.7. The van der Waals surface area contributed by atoms with Crippen molar-refractivity contribution < 1.29 is 28.6 Å². The van der Waals surface area contributed by atoms with Gasteiger partial charge in [0.2, 0.25) is 0 Å². The monoisotopic (exact) mass is 440 g/mol. The molecule has 8 heteroatoms. The van der Waals surface area contributed by atoms with Gasteiger partial charge in [-0.1, -0.05) is 13.8 Å². The highest BCUT2D eigenvalue weighted by Crippen LogP contribution is 2.41. The first-order valence-electron chi connectivity index (χ1n) is 11.0. The van der Waals surface area contributed by atoms with Crippen LogP contribution in [0.3, 0.4) is 0 Å². The van der Waals surface area contributed by atoms with Crippen molar-refractivity contribution in [2.75, 3.05) is 39.4 Å². The van der Waals surface area contributed by atoms with Gasteiger partial charge >= 0.3 is 0 Å². The van der Waals surface area contributed by atoms with Crippen LogP contribution in [0.2, 0.25) is 0 Å². The molecule has 1 amide bonds. The first-order valence-corrected chi connectivity index (χ1v) is 11.0. The van der Waals surface area contributed by atoms with Crippen LogP contribution < -0.4 is 9.47 Å².